The van der Waals surface area contributed by atoms with Crippen LogP contribution >= 0.6 is 22.9 Å². The van der Waals surface area contributed by atoms with E-state index in [9.17, 15) is 9.18 Å². The highest BCUT2D eigenvalue weighted by atomic mass is 35.5. The minimum absolute atomic E-state index is 0.0188. The molecule has 0 saturated heterocycles. The van der Waals surface area contributed by atoms with Gasteiger partial charge < -0.3 is 11.1 Å². The molecule has 3 nitrogen and oxygen atoms in total. The third-order valence-electron chi connectivity index (χ3n) is 2.94. The third-order valence-corrected chi connectivity index (χ3v) is 4.36. The van der Waals surface area contributed by atoms with Gasteiger partial charge in [0.2, 0.25) is 0 Å². The van der Waals surface area contributed by atoms with Crippen LogP contribution in [0.4, 0.5) is 15.8 Å². The van der Waals surface area contributed by atoms with Crippen molar-refractivity contribution >= 4 is 50.3 Å². The second-order valence-electron chi connectivity index (χ2n) is 4.49. The zero-order chi connectivity index (χ0) is 15.0. The normalized spacial score (nSPS) is 10.8. The van der Waals surface area contributed by atoms with Gasteiger partial charge in [-0.3, -0.25) is 4.79 Å². The van der Waals surface area contributed by atoms with Crippen LogP contribution in [0.25, 0.3) is 10.1 Å². The summed E-state index contributed by atoms with van der Waals surface area (Å²) >= 11 is 6.96. The van der Waals surface area contributed by atoms with E-state index in [1.54, 1.807) is 18.2 Å². The van der Waals surface area contributed by atoms with Crippen molar-refractivity contribution in [2.45, 2.75) is 0 Å². The molecule has 0 aliphatic heterocycles. The number of nitrogens with one attached hydrogen (secondary N) is 1. The van der Waals surface area contributed by atoms with E-state index in [-0.39, 0.29) is 10.9 Å². The fourth-order valence-corrected chi connectivity index (χ4v) is 3.00. The maximum Gasteiger partial charge on any atom is 0.265 e. The zero-order valence-corrected chi connectivity index (χ0v) is 12.3. The Morgan fingerprint density at radius 3 is 2.76 bits per heavy atom. The number of thiophene rings is 1. The number of fused-ring (bicyclic) bond motifs is 1. The van der Waals surface area contributed by atoms with Crippen LogP contribution in [0, 0.1) is 5.82 Å². The molecule has 1 heterocycles. The van der Waals surface area contributed by atoms with Crippen LogP contribution in [-0.4, -0.2) is 5.91 Å². The summed E-state index contributed by atoms with van der Waals surface area (Å²) in [4.78, 5) is 12.7. The lowest BCUT2D eigenvalue weighted by Crippen LogP contribution is -2.10. The Labute approximate surface area is 129 Å². The van der Waals surface area contributed by atoms with Crippen LogP contribution < -0.4 is 11.1 Å². The van der Waals surface area contributed by atoms with Crippen molar-refractivity contribution in [3.63, 3.8) is 0 Å². The summed E-state index contributed by atoms with van der Waals surface area (Å²) in [7, 11) is 0. The van der Waals surface area contributed by atoms with Crippen molar-refractivity contribution in [3.8, 4) is 0 Å². The highest BCUT2D eigenvalue weighted by Crippen LogP contribution is 2.28. The first kappa shape index (κ1) is 13.9. The van der Waals surface area contributed by atoms with Crippen molar-refractivity contribution in [2.24, 2.45) is 0 Å². The lowest BCUT2D eigenvalue weighted by molar-refractivity contribution is 0.103. The van der Waals surface area contributed by atoms with E-state index >= 15 is 0 Å². The quantitative estimate of drug-likeness (QED) is 0.682. The largest absolute Gasteiger partial charge is 0.399 e. The van der Waals surface area contributed by atoms with Gasteiger partial charge in [-0.15, -0.1) is 11.3 Å². The summed E-state index contributed by atoms with van der Waals surface area (Å²) in [6.07, 6.45) is 0. The molecule has 0 aliphatic rings. The number of halogens is 2. The summed E-state index contributed by atoms with van der Waals surface area (Å²) in [5.74, 6) is -0.866. The van der Waals surface area contributed by atoms with E-state index in [1.807, 2.05) is 12.1 Å². The van der Waals surface area contributed by atoms with Crippen molar-refractivity contribution in [2.75, 3.05) is 11.1 Å². The minimum atomic E-state index is -0.571. The van der Waals surface area contributed by atoms with Crippen LogP contribution in [0.15, 0.2) is 42.5 Å². The summed E-state index contributed by atoms with van der Waals surface area (Å²) in [6, 6.07) is 11.4. The first-order chi connectivity index (χ1) is 10.0. The van der Waals surface area contributed by atoms with Crippen molar-refractivity contribution in [1.29, 1.82) is 0 Å². The first-order valence-electron chi connectivity index (χ1n) is 6.08. The predicted octanol–water partition coefficient (Wildman–Crippen LogP) is 4.53. The molecule has 0 atom stereocenters. The average Bonchev–Trinajstić information content (AvgIpc) is 2.86. The van der Waals surface area contributed by atoms with Crippen LogP contribution in [0.5, 0.6) is 0 Å². The zero-order valence-electron chi connectivity index (χ0n) is 10.7. The third kappa shape index (κ3) is 2.84. The standard InChI is InChI=1S/C15H10ClFN2OS/c16-11-3-2-10(7-12(11)17)19-15(20)14-6-8-5-9(18)1-4-13(8)21-14/h1-7H,18H2,(H,19,20). The van der Waals surface area contributed by atoms with Crippen LogP contribution in [0.1, 0.15) is 9.67 Å². The van der Waals surface area contributed by atoms with Gasteiger partial charge in [0.05, 0.1) is 9.90 Å². The number of carbonyl (C=O) groups excluding carboxylic acids is 1. The van der Waals surface area contributed by atoms with Crippen molar-refractivity contribution in [3.05, 3.63) is 58.2 Å². The fraction of sp³-hybridized carbons (Fsp3) is 0. The summed E-state index contributed by atoms with van der Waals surface area (Å²) < 4.78 is 14.3. The van der Waals surface area contributed by atoms with E-state index in [0.29, 0.717) is 16.3 Å². The Balaban J connectivity index is 1.87. The van der Waals surface area contributed by atoms with Crippen LogP contribution in [0.3, 0.4) is 0 Å². The van der Waals surface area contributed by atoms with Gasteiger partial charge in [0, 0.05) is 16.1 Å². The smallest absolute Gasteiger partial charge is 0.265 e. The Morgan fingerprint density at radius 1 is 1.19 bits per heavy atom. The molecular weight excluding hydrogens is 311 g/mol. The van der Waals surface area contributed by atoms with Crippen LogP contribution in [-0.2, 0) is 0 Å². The van der Waals surface area contributed by atoms with Gasteiger partial charge in [-0.05, 0) is 47.9 Å². The second-order valence-corrected chi connectivity index (χ2v) is 5.98. The Hall–Kier alpha value is -2.11. The van der Waals surface area contributed by atoms with Crippen LogP contribution in [0.2, 0.25) is 5.02 Å². The molecule has 0 aliphatic carbocycles. The minimum Gasteiger partial charge on any atom is -0.399 e. The molecule has 0 radical (unpaired) electrons. The number of hydrogen-bond acceptors (Lipinski definition) is 3. The molecule has 3 N–H and O–H groups in total. The van der Waals surface area contributed by atoms with Gasteiger partial charge >= 0.3 is 0 Å². The fourth-order valence-electron chi connectivity index (χ4n) is 1.94. The molecule has 0 unspecified atom stereocenters. The monoisotopic (exact) mass is 320 g/mol. The number of benzene rings is 2. The molecule has 106 valence electrons. The Bertz CT molecular complexity index is 847. The number of rotatable bonds is 2. The lowest BCUT2D eigenvalue weighted by atomic mass is 10.2. The molecule has 0 fully saturated rings. The van der Waals surface area contributed by atoms with Gasteiger partial charge in [0.25, 0.3) is 5.91 Å². The highest BCUT2D eigenvalue weighted by molar-refractivity contribution is 7.20. The van der Waals surface area contributed by atoms with Gasteiger partial charge in [-0.2, -0.15) is 0 Å². The number of carbonyl (C=O) groups is 1. The molecule has 0 bridgehead atoms. The maximum absolute atomic E-state index is 13.3. The number of nitrogen functional groups attached to an aromatic ring is 1. The Kier molecular flexibility index (Phi) is 3.53. The van der Waals surface area contributed by atoms with E-state index in [1.165, 1.54) is 23.5 Å². The number of anilines is 2. The predicted molar refractivity (Wildman–Crippen MR) is 85.6 cm³/mol. The molecule has 3 aromatic rings. The SMILES string of the molecule is Nc1ccc2sc(C(=O)Nc3ccc(Cl)c(F)c3)cc2c1. The van der Waals surface area contributed by atoms with Crippen molar-refractivity contribution in [1.82, 2.24) is 0 Å². The maximum atomic E-state index is 13.3. The molecule has 1 amide bonds. The van der Waals surface area contributed by atoms with Gasteiger partial charge in [0.1, 0.15) is 5.82 Å². The number of nitrogens with two attached hydrogens (primary N) is 1. The average molecular weight is 321 g/mol. The van der Waals surface area contributed by atoms with E-state index in [0.717, 1.165) is 10.1 Å². The number of amides is 1. The van der Waals surface area contributed by atoms with E-state index in [2.05, 4.69) is 5.32 Å². The molecule has 0 spiro atoms. The van der Waals surface area contributed by atoms with Gasteiger partial charge in [0.15, 0.2) is 0 Å². The summed E-state index contributed by atoms with van der Waals surface area (Å²) in [6.45, 7) is 0. The topological polar surface area (TPSA) is 55.1 Å². The first-order valence-corrected chi connectivity index (χ1v) is 7.28. The molecule has 1 aromatic heterocycles. The summed E-state index contributed by atoms with van der Waals surface area (Å²) in [5.41, 5.74) is 6.72. The van der Waals surface area contributed by atoms with E-state index in [4.69, 9.17) is 17.3 Å². The molecule has 21 heavy (non-hydrogen) atoms. The molecule has 3 rings (SSSR count). The van der Waals surface area contributed by atoms with Gasteiger partial charge in [-0.1, -0.05) is 11.6 Å². The molecular formula is C15H10ClFN2OS. The highest BCUT2D eigenvalue weighted by Gasteiger charge is 2.11. The van der Waals surface area contributed by atoms with Gasteiger partial charge in [-0.25, -0.2) is 4.39 Å². The number of hydrogen-bond donors (Lipinski definition) is 2. The van der Waals surface area contributed by atoms with E-state index < -0.39 is 5.82 Å². The molecule has 0 saturated carbocycles. The molecule has 6 heteroatoms. The summed E-state index contributed by atoms with van der Waals surface area (Å²) in [5, 5.41) is 3.57. The second kappa shape index (κ2) is 5.35. The Morgan fingerprint density at radius 2 is 2.00 bits per heavy atom. The van der Waals surface area contributed by atoms with Crippen molar-refractivity contribution < 1.29 is 9.18 Å². The lowest BCUT2D eigenvalue weighted by Gasteiger charge is -2.04. The molecule has 2 aromatic carbocycles.